The number of aryl methyl sites for hydroxylation is 1. The van der Waals surface area contributed by atoms with Gasteiger partial charge in [-0.1, -0.05) is 26.0 Å². The lowest BCUT2D eigenvalue weighted by atomic mass is 10.1. The highest BCUT2D eigenvalue weighted by molar-refractivity contribution is 9.10. The maximum absolute atomic E-state index is 13.3. The molecule has 8 heteroatoms. The van der Waals surface area contributed by atoms with Gasteiger partial charge in [0.05, 0.1) is 22.9 Å². The van der Waals surface area contributed by atoms with E-state index in [9.17, 15) is 9.59 Å². The molecule has 1 N–H and O–H groups in total. The molecule has 0 spiro atoms. The molecule has 1 heterocycles. The molecular weight excluding hydrogens is 504 g/mol. The highest BCUT2D eigenvalue weighted by atomic mass is 79.9. The van der Waals surface area contributed by atoms with Gasteiger partial charge < -0.3 is 9.47 Å². The van der Waals surface area contributed by atoms with E-state index in [2.05, 4.69) is 28.2 Å². The molecule has 0 unspecified atom stereocenters. The molecule has 1 saturated heterocycles. The summed E-state index contributed by atoms with van der Waals surface area (Å²) in [4.78, 5) is 27.3. The van der Waals surface area contributed by atoms with Crippen LogP contribution >= 0.6 is 28.1 Å². The van der Waals surface area contributed by atoms with Crippen LogP contribution in [0.1, 0.15) is 45.2 Å². The number of thiocarbonyl (C=S) groups is 1. The number of anilines is 1. The van der Waals surface area contributed by atoms with Gasteiger partial charge in [0.2, 0.25) is 0 Å². The standard InChI is InChI=1S/C25H27BrN2O4S/c1-5-15(4)32-22-20(26)13-17(14-21(22)31-7-3)12-19-23(29)27-25(33)28(24(19)30)18-10-8-16(6-2)9-11-18/h8-15H,5-7H2,1-4H3,(H,27,29,33)/b19-12+/t15-/m1/s1. The van der Waals surface area contributed by atoms with Crippen LogP contribution in [0, 0.1) is 0 Å². The maximum atomic E-state index is 13.3. The van der Waals surface area contributed by atoms with Gasteiger partial charge in [-0.25, -0.2) is 0 Å². The summed E-state index contributed by atoms with van der Waals surface area (Å²) in [7, 11) is 0. The van der Waals surface area contributed by atoms with Crippen LogP contribution in [0.2, 0.25) is 0 Å². The molecule has 3 rings (SSSR count). The summed E-state index contributed by atoms with van der Waals surface area (Å²) in [6, 6.07) is 11.1. The van der Waals surface area contributed by atoms with Crippen molar-refractivity contribution in [3.8, 4) is 11.5 Å². The van der Waals surface area contributed by atoms with Gasteiger partial charge in [-0.3, -0.25) is 19.8 Å². The highest BCUT2D eigenvalue weighted by Gasteiger charge is 2.34. The van der Waals surface area contributed by atoms with E-state index in [4.69, 9.17) is 21.7 Å². The lowest BCUT2D eigenvalue weighted by Crippen LogP contribution is -2.54. The van der Waals surface area contributed by atoms with Gasteiger partial charge in [0.1, 0.15) is 5.57 Å². The molecule has 6 nitrogen and oxygen atoms in total. The number of ether oxygens (including phenoxy) is 2. The molecule has 0 aromatic heterocycles. The summed E-state index contributed by atoms with van der Waals surface area (Å²) in [5, 5.41) is 2.67. The van der Waals surface area contributed by atoms with Crippen molar-refractivity contribution >= 4 is 56.8 Å². The van der Waals surface area contributed by atoms with Crippen molar-refractivity contribution in [2.45, 2.75) is 46.6 Å². The minimum Gasteiger partial charge on any atom is -0.490 e. The fraction of sp³-hybridized carbons (Fsp3) is 0.320. The summed E-state index contributed by atoms with van der Waals surface area (Å²) >= 11 is 8.83. The average Bonchev–Trinajstić information content (AvgIpc) is 2.79. The van der Waals surface area contributed by atoms with Crippen molar-refractivity contribution < 1.29 is 19.1 Å². The Morgan fingerprint density at radius 2 is 1.85 bits per heavy atom. The van der Waals surface area contributed by atoms with Gasteiger partial charge in [-0.15, -0.1) is 0 Å². The zero-order valence-corrected chi connectivity index (χ0v) is 21.5. The molecule has 174 valence electrons. The zero-order chi connectivity index (χ0) is 24.1. The van der Waals surface area contributed by atoms with Gasteiger partial charge in [-0.2, -0.15) is 0 Å². The van der Waals surface area contributed by atoms with Gasteiger partial charge in [0.25, 0.3) is 11.8 Å². The van der Waals surface area contributed by atoms with E-state index >= 15 is 0 Å². The van der Waals surface area contributed by atoms with E-state index in [0.29, 0.717) is 33.8 Å². The van der Waals surface area contributed by atoms with Gasteiger partial charge in [-0.05, 0) is 96.3 Å². The smallest absolute Gasteiger partial charge is 0.270 e. The number of carbonyl (C=O) groups excluding carboxylic acids is 2. The molecule has 0 radical (unpaired) electrons. The van der Waals surface area contributed by atoms with Gasteiger partial charge in [0, 0.05) is 0 Å². The number of halogens is 1. The molecule has 2 aromatic carbocycles. The third-order valence-corrected chi connectivity index (χ3v) is 6.11. The minimum atomic E-state index is -0.541. The molecule has 2 amide bonds. The molecule has 1 aliphatic rings. The van der Waals surface area contributed by atoms with Crippen molar-refractivity contribution in [2.75, 3.05) is 11.5 Å². The van der Waals surface area contributed by atoms with Crippen molar-refractivity contribution in [1.29, 1.82) is 0 Å². The number of benzene rings is 2. The molecule has 1 atom stereocenters. The quantitative estimate of drug-likeness (QED) is 0.280. The van der Waals surface area contributed by atoms with E-state index in [1.54, 1.807) is 12.1 Å². The Morgan fingerprint density at radius 1 is 1.15 bits per heavy atom. The number of amides is 2. The van der Waals surface area contributed by atoms with Gasteiger partial charge >= 0.3 is 0 Å². The Labute approximate surface area is 208 Å². The Bertz CT molecular complexity index is 1100. The second kappa shape index (κ2) is 10.9. The summed E-state index contributed by atoms with van der Waals surface area (Å²) < 4.78 is 12.5. The van der Waals surface area contributed by atoms with Crippen molar-refractivity contribution in [2.24, 2.45) is 0 Å². The Morgan fingerprint density at radius 3 is 2.45 bits per heavy atom. The predicted molar refractivity (Wildman–Crippen MR) is 138 cm³/mol. The van der Waals surface area contributed by atoms with E-state index in [-0.39, 0.29) is 16.8 Å². The first-order valence-electron chi connectivity index (χ1n) is 10.9. The Kier molecular flexibility index (Phi) is 8.26. The largest absolute Gasteiger partial charge is 0.490 e. The molecule has 0 bridgehead atoms. The van der Waals surface area contributed by atoms with Crippen molar-refractivity contribution in [3.63, 3.8) is 0 Å². The third-order valence-electron chi connectivity index (χ3n) is 5.24. The van der Waals surface area contributed by atoms with Crippen LogP contribution in [-0.2, 0) is 16.0 Å². The number of nitrogens with zero attached hydrogens (tertiary/aromatic N) is 1. The Balaban J connectivity index is 2.00. The summed E-state index contributed by atoms with van der Waals surface area (Å²) in [6.45, 7) is 8.40. The lowest BCUT2D eigenvalue weighted by Gasteiger charge is -2.29. The number of carbonyl (C=O) groups is 2. The van der Waals surface area contributed by atoms with E-state index in [0.717, 1.165) is 18.4 Å². The fourth-order valence-electron chi connectivity index (χ4n) is 3.27. The van der Waals surface area contributed by atoms with E-state index in [1.165, 1.54) is 11.0 Å². The number of hydrogen-bond acceptors (Lipinski definition) is 5. The molecule has 0 saturated carbocycles. The van der Waals surface area contributed by atoms with Crippen LogP contribution in [0.3, 0.4) is 0 Å². The van der Waals surface area contributed by atoms with Crippen LogP contribution in [0.5, 0.6) is 11.5 Å². The summed E-state index contributed by atoms with van der Waals surface area (Å²) in [5.41, 5.74) is 2.34. The predicted octanol–water partition coefficient (Wildman–Crippen LogP) is 5.42. The van der Waals surface area contributed by atoms with Crippen LogP contribution in [0.15, 0.2) is 46.4 Å². The second-order valence-electron chi connectivity index (χ2n) is 7.58. The average molecular weight is 531 g/mol. The lowest BCUT2D eigenvalue weighted by molar-refractivity contribution is -0.122. The van der Waals surface area contributed by atoms with Crippen molar-refractivity contribution in [1.82, 2.24) is 5.32 Å². The van der Waals surface area contributed by atoms with E-state index in [1.807, 2.05) is 45.0 Å². The van der Waals surface area contributed by atoms with Crippen LogP contribution < -0.4 is 19.7 Å². The fourth-order valence-corrected chi connectivity index (χ4v) is 4.11. The highest BCUT2D eigenvalue weighted by Crippen LogP contribution is 2.38. The number of hydrogen-bond donors (Lipinski definition) is 1. The molecule has 33 heavy (non-hydrogen) atoms. The first-order valence-corrected chi connectivity index (χ1v) is 12.1. The minimum absolute atomic E-state index is 0.00378. The first kappa shape index (κ1) is 24.9. The Hall–Kier alpha value is -2.71. The van der Waals surface area contributed by atoms with E-state index < -0.39 is 11.8 Å². The van der Waals surface area contributed by atoms with Crippen LogP contribution in [0.25, 0.3) is 6.08 Å². The summed E-state index contributed by atoms with van der Waals surface area (Å²) in [6.07, 6.45) is 3.26. The second-order valence-corrected chi connectivity index (χ2v) is 8.82. The molecule has 0 aliphatic carbocycles. The van der Waals surface area contributed by atoms with Gasteiger partial charge in [0.15, 0.2) is 16.6 Å². The monoisotopic (exact) mass is 530 g/mol. The number of nitrogens with one attached hydrogen (secondary N) is 1. The molecule has 1 fully saturated rings. The molecule has 2 aromatic rings. The van der Waals surface area contributed by atoms with Crippen LogP contribution in [-0.4, -0.2) is 29.6 Å². The summed E-state index contributed by atoms with van der Waals surface area (Å²) in [5.74, 6) is 0.0965. The normalized spacial score (nSPS) is 16.1. The maximum Gasteiger partial charge on any atom is 0.270 e. The zero-order valence-electron chi connectivity index (χ0n) is 19.1. The SMILES string of the molecule is CCOc1cc(/C=C2\C(=O)NC(=S)N(c3ccc(CC)cc3)C2=O)cc(Br)c1O[C@H](C)CC. The first-order chi connectivity index (χ1) is 15.8. The van der Waals surface area contributed by atoms with Crippen LogP contribution in [0.4, 0.5) is 5.69 Å². The molecular formula is C25H27BrN2O4S. The van der Waals surface area contributed by atoms with Crippen molar-refractivity contribution in [3.05, 3.63) is 57.6 Å². The molecule has 1 aliphatic heterocycles. The number of rotatable bonds is 8. The topological polar surface area (TPSA) is 67.9 Å². The third kappa shape index (κ3) is 5.62.